The quantitative estimate of drug-likeness (QED) is 0.481. The summed E-state index contributed by atoms with van der Waals surface area (Å²) in [6, 6.07) is 0. The van der Waals surface area contributed by atoms with E-state index in [0.717, 1.165) is 0 Å². The SMILES string of the molecule is O1[SiH2]O[SiH2]1.[Pt]. The van der Waals surface area contributed by atoms with Gasteiger partial charge >= 0.3 is 0 Å². The standard InChI is InChI=1S/H4O2Si2.Pt/c1-3-2-4-1;/h3-4H2;. The molecule has 0 unspecified atom stereocenters. The van der Waals surface area contributed by atoms with Gasteiger partial charge < -0.3 is 8.23 Å². The molecule has 5 heavy (non-hydrogen) atoms. The van der Waals surface area contributed by atoms with E-state index < -0.39 is 0 Å². The largest absolute Gasteiger partial charge is 0.425 e. The summed E-state index contributed by atoms with van der Waals surface area (Å²) >= 11 is 0. The summed E-state index contributed by atoms with van der Waals surface area (Å²) in [6.45, 7) is 0. The molecule has 1 rings (SSSR count). The third-order valence-corrected chi connectivity index (χ3v) is 3.00. The van der Waals surface area contributed by atoms with Crippen LogP contribution in [0.4, 0.5) is 0 Å². The monoisotopic (exact) mass is 287 g/mol. The van der Waals surface area contributed by atoms with Crippen molar-refractivity contribution >= 4 is 20.0 Å². The predicted octanol–water partition coefficient (Wildman–Crippen LogP) is -1.97. The summed E-state index contributed by atoms with van der Waals surface area (Å²) in [5.74, 6) is 0. The van der Waals surface area contributed by atoms with Gasteiger partial charge in [0.1, 0.15) is 0 Å². The maximum absolute atomic E-state index is 4.78. The molecule has 0 aliphatic carbocycles. The van der Waals surface area contributed by atoms with Crippen LogP contribution < -0.4 is 0 Å². The summed E-state index contributed by atoms with van der Waals surface area (Å²) in [7, 11) is -0.667. The van der Waals surface area contributed by atoms with Gasteiger partial charge in [-0.15, -0.1) is 0 Å². The van der Waals surface area contributed by atoms with Crippen LogP contribution in [0.3, 0.4) is 0 Å². The van der Waals surface area contributed by atoms with Gasteiger partial charge in [-0.1, -0.05) is 0 Å². The van der Waals surface area contributed by atoms with Crippen molar-refractivity contribution in [2.45, 2.75) is 0 Å². The van der Waals surface area contributed by atoms with E-state index in [9.17, 15) is 0 Å². The molecule has 0 saturated carbocycles. The van der Waals surface area contributed by atoms with Gasteiger partial charge in [0.05, 0.1) is 0 Å². The first-order valence-corrected chi connectivity index (χ1v) is 3.46. The molecule has 34 valence electrons. The van der Waals surface area contributed by atoms with E-state index >= 15 is 0 Å². The van der Waals surface area contributed by atoms with Gasteiger partial charge in [0.2, 0.25) is 0 Å². The molecule has 0 bridgehead atoms. The molecule has 2 nitrogen and oxygen atoms in total. The zero-order chi connectivity index (χ0) is 2.83. The van der Waals surface area contributed by atoms with Crippen molar-refractivity contribution < 1.29 is 29.3 Å². The van der Waals surface area contributed by atoms with Gasteiger partial charge in [-0.3, -0.25) is 0 Å². The van der Waals surface area contributed by atoms with Crippen molar-refractivity contribution in [3.63, 3.8) is 0 Å². The van der Waals surface area contributed by atoms with E-state index in [4.69, 9.17) is 8.23 Å². The van der Waals surface area contributed by atoms with Crippen LogP contribution in [0.2, 0.25) is 0 Å². The van der Waals surface area contributed by atoms with E-state index in [1.807, 2.05) is 0 Å². The molecule has 0 N–H and O–H groups in total. The third kappa shape index (κ3) is 1.84. The Labute approximate surface area is 49.6 Å². The van der Waals surface area contributed by atoms with Crippen molar-refractivity contribution in [1.82, 2.24) is 0 Å². The van der Waals surface area contributed by atoms with Gasteiger partial charge in [-0.05, 0) is 0 Å². The Morgan fingerprint density at radius 3 is 1.20 bits per heavy atom. The smallest absolute Gasteiger partial charge is 0.286 e. The first kappa shape index (κ1) is 6.04. The molecule has 0 atom stereocenters. The van der Waals surface area contributed by atoms with Gasteiger partial charge in [-0.2, -0.15) is 0 Å². The van der Waals surface area contributed by atoms with E-state index in [2.05, 4.69) is 0 Å². The average molecular weight is 287 g/mol. The molecular weight excluding hydrogens is 283 g/mol. The Hall–Kier alpha value is 1.04. The fourth-order valence-corrected chi connectivity index (χ4v) is 0.750. The molecule has 1 fully saturated rings. The van der Waals surface area contributed by atoms with E-state index in [-0.39, 0.29) is 41.1 Å². The van der Waals surface area contributed by atoms with Crippen molar-refractivity contribution in [3.8, 4) is 0 Å². The molecule has 0 aromatic carbocycles. The van der Waals surface area contributed by atoms with Crippen molar-refractivity contribution in [2.75, 3.05) is 0 Å². The molecule has 1 saturated heterocycles. The molecular formula is H4O2PtSi2. The average Bonchev–Trinajstić information content (AvgIpc) is 0.722. The first-order chi connectivity index (χ1) is 2.00. The van der Waals surface area contributed by atoms with Gasteiger partial charge in [0.25, 0.3) is 20.0 Å². The molecule has 0 radical (unpaired) electrons. The Kier molecular flexibility index (Phi) is 3.92. The van der Waals surface area contributed by atoms with Gasteiger partial charge in [0, 0.05) is 21.1 Å². The van der Waals surface area contributed by atoms with E-state index in [1.54, 1.807) is 0 Å². The van der Waals surface area contributed by atoms with Crippen LogP contribution in [0, 0.1) is 0 Å². The van der Waals surface area contributed by atoms with Crippen LogP contribution in [-0.4, -0.2) is 20.0 Å². The number of hydrogen-bond acceptors (Lipinski definition) is 2. The summed E-state index contributed by atoms with van der Waals surface area (Å²) < 4.78 is 9.56. The second-order valence-corrected chi connectivity index (χ2v) is 4.38. The Balaban J connectivity index is 0.000000160. The topological polar surface area (TPSA) is 18.5 Å². The minimum atomic E-state index is -0.333. The van der Waals surface area contributed by atoms with Crippen LogP contribution in [-0.2, 0) is 29.3 Å². The third-order valence-electron chi connectivity index (χ3n) is 0.333. The Morgan fingerprint density at radius 2 is 1.20 bits per heavy atom. The molecule has 0 aromatic heterocycles. The van der Waals surface area contributed by atoms with Crippen molar-refractivity contribution in [2.24, 2.45) is 0 Å². The maximum Gasteiger partial charge on any atom is 0.286 e. The molecule has 1 aliphatic rings. The zero-order valence-electron chi connectivity index (χ0n) is 2.55. The molecule has 0 aromatic rings. The number of rotatable bonds is 0. The summed E-state index contributed by atoms with van der Waals surface area (Å²) in [4.78, 5) is 0. The summed E-state index contributed by atoms with van der Waals surface area (Å²) in [6.07, 6.45) is 0. The second kappa shape index (κ2) is 3.24. The van der Waals surface area contributed by atoms with E-state index in [0.29, 0.717) is 0 Å². The van der Waals surface area contributed by atoms with Crippen LogP contribution in [0.5, 0.6) is 0 Å². The second-order valence-electron chi connectivity index (χ2n) is 0.644. The fraction of sp³-hybridized carbons (Fsp3) is 0. The van der Waals surface area contributed by atoms with E-state index in [1.165, 1.54) is 0 Å². The van der Waals surface area contributed by atoms with Crippen molar-refractivity contribution in [1.29, 1.82) is 0 Å². The normalized spacial score (nSPS) is 28.8. The van der Waals surface area contributed by atoms with Crippen LogP contribution in [0.1, 0.15) is 0 Å². The fourth-order valence-electron chi connectivity index (χ4n) is 0.0833. The van der Waals surface area contributed by atoms with Crippen LogP contribution in [0.25, 0.3) is 0 Å². The summed E-state index contributed by atoms with van der Waals surface area (Å²) in [5.41, 5.74) is 0. The Morgan fingerprint density at radius 1 is 1.00 bits per heavy atom. The summed E-state index contributed by atoms with van der Waals surface area (Å²) in [5, 5.41) is 0. The first-order valence-electron chi connectivity index (χ1n) is 1.15. The van der Waals surface area contributed by atoms with Crippen LogP contribution in [0.15, 0.2) is 0 Å². The molecule has 0 amide bonds. The predicted molar refractivity (Wildman–Crippen MR) is 19.3 cm³/mol. The van der Waals surface area contributed by atoms with Gasteiger partial charge in [-0.25, -0.2) is 0 Å². The van der Waals surface area contributed by atoms with Crippen LogP contribution >= 0.6 is 0 Å². The Bertz CT molecular complexity index is 15.6. The van der Waals surface area contributed by atoms with Crippen molar-refractivity contribution in [3.05, 3.63) is 0 Å². The van der Waals surface area contributed by atoms with Gasteiger partial charge in [0.15, 0.2) is 0 Å². The molecule has 1 heterocycles. The maximum atomic E-state index is 4.78. The number of hydrogen-bond donors (Lipinski definition) is 0. The minimum Gasteiger partial charge on any atom is -0.425 e. The molecule has 5 heteroatoms. The molecule has 1 aliphatic heterocycles. The molecule has 0 spiro atoms. The zero-order valence-corrected chi connectivity index (χ0v) is 7.65. The minimum absolute atomic E-state index is 0.